The molecule has 30 heavy (non-hydrogen) atoms. The Balaban J connectivity index is 1.74. The molecule has 0 spiro atoms. The third-order valence-corrected chi connectivity index (χ3v) is 5.39. The number of carbonyl (C=O) groups excluding carboxylic acids is 1. The number of methoxy groups -OCH3 is 2. The Morgan fingerprint density at radius 2 is 1.80 bits per heavy atom. The first kappa shape index (κ1) is 20.3. The molecule has 0 aromatic heterocycles. The summed E-state index contributed by atoms with van der Waals surface area (Å²) in [5.41, 5.74) is 2.33. The Kier molecular flexibility index (Phi) is 5.21. The van der Waals surface area contributed by atoms with Gasteiger partial charge in [-0.15, -0.1) is 0 Å². The van der Waals surface area contributed by atoms with Crippen LogP contribution in [0.5, 0.6) is 23.0 Å². The normalized spacial score (nSPS) is 19.1. The van der Waals surface area contributed by atoms with Crippen LogP contribution in [0, 0.1) is 0 Å². The molecule has 1 N–H and O–H groups in total. The van der Waals surface area contributed by atoms with Gasteiger partial charge in [0, 0.05) is 18.5 Å². The van der Waals surface area contributed by atoms with E-state index in [9.17, 15) is 9.90 Å². The van der Waals surface area contributed by atoms with Crippen molar-refractivity contribution in [2.75, 3.05) is 41.7 Å². The van der Waals surface area contributed by atoms with E-state index in [0.29, 0.717) is 22.8 Å². The van der Waals surface area contributed by atoms with Crippen molar-refractivity contribution in [3.63, 3.8) is 0 Å². The molecule has 1 atom stereocenters. The maximum atomic E-state index is 12.6. The first-order valence-electron chi connectivity index (χ1n) is 9.63. The molecule has 2 aliphatic heterocycles. The second-order valence-electron chi connectivity index (χ2n) is 7.60. The van der Waals surface area contributed by atoms with Gasteiger partial charge in [-0.3, -0.25) is 0 Å². The number of likely N-dealkylation sites (N-methyl/N-ethyl adjacent to an activating group) is 1. The molecule has 2 aromatic rings. The minimum atomic E-state index is -1.83. The summed E-state index contributed by atoms with van der Waals surface area (Å²) >= 11 is 0. The van der Waals surface area contributed by atoms with Crippen LogP contribution in [0.4, 0.5) is 0 Å². The van der Waals surface area contributed by atoms with Gasteiger partial charge in [0.25, 0.3) is 0 Å². The average molecular weight is 415 g/mol. The molecular weight excluding hydrogens is 390 g/mol. The number of nitrogens with zero attached hydrogens (tertiary/aromatic N) is 1. The molecule has 4 rings (SSSR count). The Bertz CT molecular complexity index is 988. The molecule has 0 saturated carbocycles. The van der Waals surface area contributed by atoms with E-state index in [1.807, 2.05) is 26.2 Å². The maximum absolute atomic E-state index is 12.6. The monoisotopic (exact) mass is 415 g/mol. The van der Waals surface area contributed by atoms with E-state index < -0.39 is 11.8 Å². The number of cyclic esters (lactones) is 1. The van der Waals surface area contributed by atoms with Crippen LogP contribution in [0.3, 0.4) is 0 Å². The maximum Gasteiger partial charge on any atom is 0.345 e. The van der Waals surface area contributed by atoms with E-state index in [0.717, 1.165) is 24.1 Å². The van der Waals surface area contributed by atoms with Gasteiger partial charge in [0.2, 0.25) is 12.6 Å². The van der Waals surface area contributed by atoms with E-state index in [1.54, 1.807) is 12.1 Å². The molecule has 0 radical (unpaired) electrons. The molecule has 2 aromatic carbocycles. The number of esters is 1. The summed E-state index contributed by atoms with van der Waals surface area (Å²) in [5.74, 6) is -0.554. The fraction of sp³-hybridized carbons (Fsp3) is 0.409. The van der Waals surface area contributed by atoms with Gasteiger partial charge in [0.05, 0.1) is 14.2 Å². The van der Waals surface area contributed by atoms with Crippen LogP contribution in [0.25, 0.3) is 0 Å². The molecular formula is C22H25NO7. The van der Waals surface area contributed by atoms with Crippen LogP contribution in [0.15, 0.2) is 24.3 Å². The lowest BCUT2D eigenvalue weighted by Gasteiger charge is -2.24. The van der Waals surface area contributed by atoms with E-state index in [4.69, 9.17) is 23.7 Å². The largest absolute Gasteiger partial charge is 0.493 e. The summed E-state index contributed by atoms with van der Waals surface area (Å²) in [6.07, 6.45) is 0.808. The number of ether oxygens (including phenoxy) is 5. The standard InChI is InChI=1S/C22H25NO7/c1-23(2)8-7-13-9-17-18(29-12-28-17)10-14(13)11-22(25)15-5-6-16(26-3)20(27-4)19(15)21(24)30-22/h5-6,9-10,25H,7-8,11-12H2,1-4H3. The molecule has 8 heteroatoms. The highest BCUT2D eigenvalue weighted by Gasteiger charge is 2.47. The predicted octanol–water partition coefficient (Wildman–Crippen LogP) is 2.09. The van der Waals surface area contributed by atoms with Crippen LogP contribution in [-0.2, 0) is 23.4 Å². The van der Waals surface area contributed by atoms with E-state index in [-0.39, 0.29) is 24.5 Å². The molecule has 0 fully saturated rings. The SMILES string of the molecule is COc1ccc2c(c1OC)C(=O)OC2(O)Cc1cc2c(cc1CCN(C)C)OCO2. The number of fused-ring (bicyclic) bond motifs is 2. The second-order valence-corrected chi connectivity index (χ2v) is 7.60. The summed E-state index contributed by atoms with van der Waals surface area (Å²) in [6.45, 7) is 0.970. The van der Waals surface area contributed by atoms with Crippen molar-refractivity contribution in [1.29, 1.82) is 0 Å². The highest BCUT2D eigenvalue weighted by atomic mass is 16.7. The van der Waals surface area contributed by atoms with Gasteiger partial charge in [-0.05, 0) is 55.9 Å². The molecule has 2 aliphatic rings. The average Bonchev–Trinajstić information content (AvgIpc) is 3.27. The predicted molar refractivity (Wildman–Crippen MR) is 107 cm³/mol. The second kappa shape index (κ2) is 7.70. The summed E-state index contributed by atoms with van der Waals surface area (Å²) in [7, 11) is 6.92. The lowest BCUT2D eigenvalue weighted by molar-refractivity contribution is -0.161. The van der Waals surface area contributed by atoms with Crippen molar-refractivity contribution in [3.05, 3.63) is 46.5 Å². The highest BCUT2D eigenvalue weighted by Crippen LogP contribution is 2.46. The van der Waals surface area contributed by atoms with Crippen molar-refractivity contribution < 1.29 is 33.6 Å². The Hall–Kier alpha value is -2.97. The third-order valence-electron chi connectivity index (χ3n) is 5.39. The minimum absolute atomic E-state index is 0.0701. The van der Waals surface area contributed by atoms with Gasteiger partial charge < -0.3 is 33.7 Å². The number of benzene rings is 2. The zero-order valence-electron chi connectivity index (χ0n) is 17.5. The number of carbonyl (C=O) groups is 1. The van der Waals surface area contributed by atoms with Gasteiger partial charge in [-0.1, -0.05) is 0 Å². The molecule has 1 unspecified atom stereocenters. The lowest BCUT2D eigenvalue weighted by atomic mass is 9.91. The van der Waals surface area contributed by atoms with Gasteiger partial charge in [-0.2, -0.15) is 0 Å². The summed E-state index contributed by atoms with van der Waals surface area (Å²) in [6, 6.07) is 7.06. The van der Waals surface area contributed by atoms with Crippen molar-refractivity contribution in [2.45, 2.75) is 18.6 Å². The molecule has 8 nitrogen and oxygen atoms in total. The summed E-state index contributed by atoms with van der Waals surface area (Å²) in [5, 5.41) is 11.4. The van der Waals surface area contributed by atoms with E-state index in [1.165, 1.54) is 14.2 Å². The van der Waals surface area contributed by atoms with Gasteiger partial charge >= 0.3 is 5.97 Å². The highest BCUT2D eigenvalue weighted by molar-refractivity contribution is 5.98. The van der Waals surface area contributed by atoms with Crippen LogP contribution < -0.4 is 18.9 Å². The summed E-state index contributed by atoms with van der Waals surface area (Å²) < 4.78 is 27.1. The number of hydrogen-bond acceptors (Lipinski definition) is 8. The molecule has 2 heterocycles. The fourth-order valence-electron chi connectivity index (χ4n) is 3.87. The number of rotatable bonds is 7. The first-order valence-corrected chi connectivity index (χ1v) is 9.63. The quantitative estimate of drug-likeness (QED) is 0.688. The molecule has 160 valence electrons. The lowest BCUT2D eigenvalue weighted by Crippen LogP contribution is -2.29. The Morgan fingerprint density at radius 1 is 1.10 bits per heavy atom. The number of hydrogen-bond donors (Lipinski definition) is 1. The topological polar surface area (TPSA) is 86.7 Å². The minimum Gasteiger partial charge on any atom is -0.493 e. The van der Waals surface area contributed by atoms with Crippen molar-refractivity contribution in [3.8, 4) is 23.0 Å². The van der Waals surface area contributed by atoms with Crippen LogP contribution in [0.2, 0.25) is 0 Å². The number of aliphatic hydroxyl groups is 1. The van der Waals surface area contributed by atoms with Crippen LogP contribution >= 0.6 is 0 Å². The zero-order valence-corrected chi connectivity index (χ0v) is 17.5. The van der Waals surface area contributed by atoms with Crippen molar-refractivity contribution >= 4 is 5.97 Å². The van der Waals surface area contributed by atoms with Crippen molar-refractivity contribution in [1.82, 2.24) is 4.90 Å². The smallest absolute Gasteiger partial charge is 0.345 e. The third kappa shape index (κ3) is 3.42. The van der Waals surface area contributed by atoms with Gasteiger partial charge in [0.15, 0.2) is 23.0 Å². The molecule has 0 bridgehead atoms. The van der Waals surface area contributed by atoms with Gasteiger partial charge in [0.1, 0.15) is 5.56 Å². The Morgan fingerprint density at radius 3 is 2.43 bits per heavy atom. The fourth-order valence-corrected chi connectivity index (χ4v) is 3.87. The van der Waals surface area contributed by atoms with Crippen LogP contribution in [-0.4, -0.2) is 57.6 Å². The van der Waals surface area contributed by atoms with E-state index >= 15 is 0 Å². The molecule has 0 saturated heterocycles. The molecule has 0 amide bonds. The first-order chi connectivity index (χ1) is 14.4. The molecule has 0 aliphatic carbocycles. The zero-order chi connectivity index (χ0) is 21.5. The Labute approximate surface area is 174 Å². The van der Waals surface area contributed by atoms with Gasteiger partial charge in [-0.25, -0.2) is 4.79 Å². The van der Waals surface area contributed by atoms with E-state index in [2.05, 4.69) is 4.90 Å². The van der Waals surface area contributed by atoms with Crippen molar-refractivity contribution in [2.24, 2.45) is 0 Å². The summed E-state index contributed by atoms with van der Waals surface area (Å²) in [4.78, 5) is 14.7. The van der Waals surface area contributed by atoms with Crippen LogP contribution in [0.1, 0.15) is 27.0 Å².